The average Bonchev–Trinajstić information content (AvgIpc) is 3.05. The van der Waals surface area contributed by atoms with Crippen molar-refractivity contribution in [2.75, 3.05) is 20.1 Å². The predicted octanol–water partition coefficient (Wildman–Crippen LogP) is 2.31. The molecule has 2 heterocycles. The van der Waals surface area contributed by atoms with Crippen molar-refractivity contribution in [3.05, 3.63) is 40.7 Å². The van der Waals surface area contributed by atoms with Crippen LogP contribution in [0.5, 0.6) is 0 Å². The number of piperidine rings is 1. The number of amides is 1. The van der Waals surface area contributed by atoms with Gasteiger partial charge < -0.3 is 10.2 Å². The summed E-state index contributed by atoms with van der Waals surface area (Å²) in [4.78, 5) is 14.7. The summed E-state index contributed by atoms with van der Waals surface area (Å²) < 4.78 is 1.71. The number of hydrogen-bond donors (Lipinski definition) is 1. The molecule has 1 N–H and O–H groups in total. The van der Waals surface area contributed by atoms with E-state index in [0.717, 1.165) is 37.3 Å². The highest BCUT2D eigenvalue weighted by molar-refractivity contribution is 6.30. The zero-order valence-corrected chi connectivity index (χ0v) is 14.8. The second-order valence-corrected chi connectivity index (χ2v) is 6.42. The van der Waals surface area contributed by atoms with Crippen molar-refractivity contribution < 1.29 is 4.79 Å². The normalized spacial score (nSPS) is 15.7. The molecule has 1 amide bonds. The number of nitrogens with one attached hydrogen (secondary N) is 1. The van der Waals surface area contributed by atoms with Crippen LogP contribution in [0.1, 0.15) is 35.9 Å². The van der Waals surface area contributed by atoms with Gasteiger partial charge in [-0.25, -0.2) is 4.68 Å². The van der Waals surface area contributed by atoms with Gasteiger partial charge in [0.15, 0.2) is 5.69 Å². The molecule has 1 aromatic heterocycles. The van der Waals surface area contributed by atoms with Gasteiger partial charge in [-0.2, -0.15) is 0 Å². The molecule has 0 atom stereocenters. The van der Waals surface area contributed by atoms with Crippen LogP contribution in [0, 0.1) is 0 Å². The third-order valence-corrected chi connectivity index (χ3v) is 4.78. The SMILES string of the molecule is CCc1c(C(=O)N2CCC(NC)CC2)nnn1-c1cccc(Cl)c1. The molecule has 0 radical (unpaired) electrons. The van der Waals surface area contributed by atoms with Gasteiger partial charge in [-0.3, -0.25) is 4.79 Å². The first kappa shape index (κ1) is 16.9. The molecule has 0 bridgehead atoms. The number of carbonyl (C=O) groups excluding carboxylic acids is 1. The van der Waals surface area contributed by atoms with Crippen molar-refractivity contribution in [3.8, 4) is 5.69 Å². The fourth-order valence-corrected chi connectivity index (χ4v) is 3.31. The summed E-state index contributed by atoms with van der Waals surface area (Å²) in [6, 6.07) is 7.89. The second kappa shape index (κ2) is 7.32. The highest BCUT2D eigenvalue weighted by atomic mass is 35.5. The Labute approximate surface area is 146 Å². The Hall–Kier alpha value is -1.92. The van der Waals surface area contributed by atoms with Gasteiger partial charge >= 0.3 is 0 Å². The summed E-state index contributed by atoms with van der Waals surface area (Å²) >= 11 is 6.07. The third-order valence-electron chi connectivity index (χ3n) is 4.54. The van der Waals surface area contributed by atoms with Crippen LogP contribution in [0.2, 0.25) is 5.02 Å². The van der Waals surface area contributed by atoms with Gasteiger partial charge in [0, 0.05) is 24.2 Å². The van der Waals surface area contributed by atoms with E-state index < -0.39 is 0 Å². The van der Waals surface area contributed by atoms with Crippen LogP contribution < -0.4 is 5.32 Å². The van der Waals surface area contributed by atoms with Gasteiger partial charge in [0.25, 0.3) is 5.91 Å². The van der Waals surface area contributed by atoms with E-state index in [1.807, 2.05) is 43.1 Å². The Bertz CT molecular complexity index is 722. The first-order valence-corrected chi connectivity index (χ1v) is 8.69. The Kier molecular flexibility index (Phi) is 5.16. The first-order chi connectivity index (χ1) is 11.6. The van der Waals surface area contributed by atoms with Gasteiger partial charge in [-0.1, -0.05) is 29.8 Å². The number of nitrogens with zero attached hydrogens (tertiary/aromatic N) is 4. The fourth-order valence-electron chi connectivity index (χ4n) is 3.12. The van der Waals surface area contributed by atoms with Crippen LogP contribution >= 0.6 is 11.6 Å². The van der Waals surface area contributed by atoms with Crippen molar-refractivity contribution >= 4 is 17.5 Å². The van der Waals surface area contributed by atoms with Crippen LogP contribution in [0.25, 0.3) is 5.69 Å². The Morgan fingerprint density at radius 2 is 2.12 bits per heavy atom. The molecule has 0 saturated carbocycles. The molecular formula is C17H22ClN5O. The second-order valence-electron chi connectivity index (χ2n) is 5.99. The summed E-state index contributed by atoms with van der Waals surface area (Å²) in [5, 5.41) is 12.3. The Balaban J connectivity index is 1.85. The lowest BCUT2D eigenvalue weighted by Crippen LogP contribution is -2.44. The van der Waals surface area contributed by atoms with E-state index >= 15 is 0 Å². The number of rotatable bonds is 4. The smallest absolute Gasteiger partial charge is 0.276 e. The molecule has 0 unspecified atom stereocenters. The predicted molar refractivity (Wildman–Crippen MR) is 93.7 cm³/mol. The number of likely N-dealkylation sites (tertiary alicyclic amines) is 1. The van der Waals surface area contributed by atoms with Gasteiger partial charge in [-0.05, 0) is 44.5 Å². The molecule has 2 aromatic rings. The molecule has 24 heavy (non-hydrogen) atoms. The maximum atomic E-state index is 12.8. The summed E-state index contributed by atoms with van der Waals surface area (Å²) in [6.07, 6.45) is 2.60. The van der Waals surface area contributed by atoms with Gasteiger partial charge in [0.2, 0.25) is 0 Å². The Morgan fingerprint density at radius 3 is 2.75 bits per heavy atom. The number of carbonyl (C=O) groups is 1. The molecule has 1 fully saturated rings. The van der Waals surface area contributed by atoms with Crippen LogP contribution in [0.15, 0.2) is 24.3 Å². The summed E-state index contributed by atoms with van der Waals surface area (Å²) in [6.45, 7) is 3.50. The molecule has 0 spiro atoms. The van der Waals surface area contributed by atoms with E-state index in [-0.39, 0.29) is 5.91 Å². The monoisotopic (exact) mass is 347 g/mol. The molecule has 1 aromatic carbocycles. The van der Waals surface area contributed by atoms with Crippen LogP contribution in [0.4, 0.5) is 0 Å². The van der Waals surface area contributed by atoms with Crippen molar-refractivity contribution in [2.24, 2.45) is 0 Å². The van der Waals surface area contributed by atoms with Crippen molar-refractivity contribution in [1.82, 2.24) is 25.2 Å². The minimum Gasteiger partial charge on any atom is -0.337 e. The lowest BCUT2D eigenvalue weighted by atomic mass is 10.0. The van der Waals surface area contributed by atoms with Crippen LogP contribution in [-0.2, 0) is 6.42 Å². The molecule has 1 saturated heterocycles. The largest absolute Gasteiger partial charge is 0.337 e. The highest BCUT2D eigenvalue weighted by Gasteiger charge is 2.27. The average molecular weight is 348 g/mol. The molecule has 1 aliphatic heterocycles. The van der Waals surface area contributed by atoms with E-state index in [1.165, 1.54) is 0 Å². The molecule has 0 aliphatic carbocycles. The first-order valence-electron chi connectivity index (χ1n) is 8.31. The van der Waals surface area contributed by atoms with Gasteiger partial charge in [-0.15, -0.1) is 5.10 Å². The standard InChI is InChI=1S/C17H22ClN5O/c1-3-15-16(17(24)22-9-7-13(19-2)8-10-22)20-21-23(15)14-6-4-5-12(18)11-14/h4-6,11,13,19H,3,7-10H2,1-2H3. The number of halogens is 1. The quantitative estimate of drug-likeness (QED) is 0.921. The maximum absolute atomic E-state index is 12.8. The zero-order chi connectivity index (χ0) is 17.1. The van der Waals surface area contributed by atoms with E-state index in [9.17, 15) is 4.79 Å². The van der Waals surface area contributed by atoms with Crippen molar-refractivity contribution in [2.45, 2.75) is 32.2 Å². The number of hydrogen-bond acceptors (Lipinski definition) is 4. The topological polar surface area (TPSA) is 63.1 Å². The van der Waals surface area contributed by atoms with E-state index in [4.69, 9.17) is 11.6 Å². The van der Waals surface area contributed by atoms with Gasteiger partial charge in [0.05, 0.1) is 11.4 Å². The van der Waals surface area contributed by atoms with E-state index in [0.29, 0.717) is 23.2 Å². The van der Waals surface area contributed by atoms with E-state index in [2.05, 4.69) is 15.6 Å². The number of aromatic nitrogens is 3. The fraction of sp³-hybridized carbons (Fsp3) is 0.471. The molecular weight excluding hydrogens is 326 g/mol. The molecule has 3 rings (SSSR count). The maximum Gasteiger partial charge on any atom is 0.276 e. The van der Waals surface area contributed by atoms with E-state index in [1.54, 1.807) is 4.68 Å². The number of benzene rings is 1. The molecule has 1 aliphatic rings. The van der Waals surface area contributed by atoms with Gasteiger partial charge in [0.1, 0.15) is 0 Å². The minimum absolute atomic E-state index is 0.0327. The lowest BCUT2D eigenvalue weighted by molar-refractivity contribution is 0.0700. The van der Waals surface area contributed by atoms with Crippen LogP contribution in [0.3, 0.4) is 0 Å². The van der Waals surface area contributed by atoms with Crippen molar-refractivity contribution in [1.29, 1.82) is 0 Å². The highest BCUT2D eigenvalue weighted by Crippen LogP contribution is 2.20. The summed E-state index contributed by atoms with van der Waals surface area (Å²) in [5.74, 6) is -0.0327. The third kappa shape index (κ3) is 3.30. The molecule has 6 nitrogen and oxygen atoms in total. The minimum atomic E-state index is -0.0327. The zero-order valence-electron chi connectivity index (χ0n) is 14.0. The molecule has 7 heteroatoms. The molecule has 128 valence electrons. The van der Waals surface area contributed by atoms with Crippen molar-refractivity contribution in [3.63, 3.8) is 0 Å². The summed E-state index contributed by atoms with van der Waals surface area (Å²) in [7, 11) is 1.97. The lowest BCUT2D eigenvalue weighted by Gasteiger charge is -2.31. The summed E-state index contributed by atoms with van der Waals surface area (Å²) in [5.41, 5.74) is 2.08. The Morgan fingerprint density at radius 1 is 1.38 bits per heavy atom. The van der Waals surface area contributed by atoms with Crippen LogP contribution in [-0.4, -0.2) is 52.0 Å².